The Morgan fingerprint density at radius 1 is 1.13 bits per heavy atom. The summed E-state index contributed by atoms with van der Waals surface area (Å²) in [5, 5.41) is 2.11. The van der Waals surface area contributed by atoms with E-state index in [1.165, 1.54) is 15.6 Å². The molecule has 2 heterocycles. The molecule has 0 fully saturated rings. The van der Waals surface area contributed by atoms with Gasteiger partial charge in [0.05, 0.1) is 36.5 Å². The lowest BCUT2D eigenvalue weighted by Gasteiger charge is -2.32. The van der Waals surface area contributed by atoms with Gasteiger partial charge in [-0.1, -0.05) is 24.3 Å². The van der Waals surface area contributed by atoms with E-state index in [9.17, 15) is 8.42 Å². The van der Waals surface area contributed by atoms with Gasteiger partial charge in [0.1, 0.15) is 18.1 Å². The fourth-order valence-corrected chi connectivity index (χ4v) is 6.43. The molecule has 0 aliphatic carbocycles. The second-order valence-corrected chi connectivity index (χ2v) is 10.9. The molecule has 194 valence electrons. The Morgan fingerprint density at radius 2 is 1.95 bits per heavy atom. The van der Waals surface area contributed by atoms with Crippen molar-refractivity contribution in [1.29, 1.82) is 0 Å². The van der Waals surface area contributed by atoms with Crippen LogP contribution in [0.3, 0.4) is 0 Å². The summed E-state index contributed by atoms with van der Waals surface area (Å²) >= 11 is 1.25. The molecule has 0 radical (unpaired) electrons. The summed E-state index contributed by atoms with van der Waals surface area (Å²) in [5.74, 6) is 1.71. The zero-order chi connectivity index (χ0) is 26.5. The molecule has 0 saturated heterocycles. The van der Waals surface area contributed by atoms with E-state index in [0.717, 1.165) is 11.3 Å². The van der Waals surface area contributed by atoms with Crippen molar-refractivity contribution in [2.24, 2.45) is 0 Å². The number of nitrogens with zero attached hydrogens (tertiary/aromatic N) is 4. The highest BCUT2D eigenvalue weighted by Gasteiger charge is 2.30. The molecule has 9 nitrogen and oxygen atoms in total. The molecular formula is C27H24N4O5S2. The van der Waals surface area contributed by atoms with Crippen LogP contribution >= 0.6 is 11.3 Å². The number of fused-ring (bicyclic) bond motifs is 1. The predicted molar refractivity (Wildman–Crippen MR) is 146 cm³/mol. The highest BCUT2D eigenvalue weighted by atomic mass is 32.2. The highest BCUT2D eigenvalue weighted by Crippen LogP contribution is 2.42. The molecule has 3 aromatic carbocycles. The molecule has 5 rings (SSSR count). The molecule has 0 atom stereocenters. The van der Waals surface area contributed by atoms with Gasteiger partial charge in [-0.15, -0.1) is 11.3 Å². The van der Waals surface area contributed by atoms with Crippen LogP contribution in [0.2, 0.25) is 0 Å². The van der Waals surface area contributed by atoms with Gasteiger partial charge < -0.3 is 19.1 Å². The van der Waals surface area contributed by atoms with Gasteiger partial charge in [-0.05, 0) is 42.0 Å². The lowest BCUT2D eigenvalue weighted by atomic mass is 10.2. The van der Waals surface area contributed by atoms with E-state index in [-0.39, 0.29) is 18.2 Å². The Hall–Kier alpha value is -4.27. The monoisotopic (exact) mass is 548 g/mol. The van der Waals surface area contributed by atoms with Gasteiger partial charge in [0.15, 0.2) is 10.9 Å². The second kappa shape index (κ2) is 11.0. The third kappa shape index (κ3) is 5.09. The fraction of sp³-hybridized carbons (Fsp3) is 0.185. The summed E-state index contributed by atoms with van der Waals surface area (Å²) < 4.78 is 45.9. The summed E-state index contributed by atoms with van der Waals surface area (Å²) in [6.07, 6.45) is 1.58. The van der Waals surface area contributed by atoms with Gasteiger partial charge in [-0.25, -0.2) is 24.3 Å². The van der Waals surface area contributed by atoms with Crippen molar-refractivity contribution in [3.8, 4) is 17.2 Å². The van der Waals surface area contributed by atoms with Crippen LogP contribution in [0.15, 0.2) is 83.2 Å². The first kappa shape index (κ1) is 25.4. The van der Waals surface area contributed by atoms with Crippen LogP contribution in [-0.4, -0.2) is 40.4 Å². The molecule has 0 bridgehead atoms. The van der Waals surface area contributed by atoms with Crippen molar-refractivity contribution in [3.05, 3.63) is 95.3 Å². The van der Waals surface area contributed by atoms with Crippen LogP contribution in [0.5, 0.6) is 17.2 Å². The number of hydrogen-bond donors (Lipinski definition) is 0. The Labute approximate surface area is 225 Å². The molecule has 0 amide bonds. The molecule has 1 aliphatic rings. The fourth-order valence-electron chi connectivity index (χ4n) is 4.13. The second-order valence-electron chi connectivity index (χ2n) is 8.20. The summed E-state index contributed by atoms with van der Waals surface area (Å²) in [7, 11) is -2.40. The number of rotatable bonds is 9. The SMILES string of the molecule is [C-]#[N+]COc1ccccc1N1CCOc2cc(S(=O)(=O)N(Cc3ccc(OC)cc3)c3nccs3)ccc21. The minimum Gasteiger partial charge on any atom is -0.497 e. The first-order chi connectivity index (χ1) is 18.5. The minimum absolute atomic E-state index is 0.0911. The number of benzene rings is 3. The van der Waals surface area contributed by atoms with Crippen LogP contribution in [0, 0.1) is 6.57 Å². The van der Waals surface area contributed by atoms with E-state index in [1.807, 2.05) is 35.2 Å². The molecule has 1 aromatic heterocycles. The van der Waals surface area contributed by atoms with Crippen molar-refractivity contribution in [2.75, 3.05) is 36.2 Å². The first-order valence-electron chi connectivity index (χ1n) is 11.7. The van der Waals surface area contributed by atoms with Crippen LogP contribution in [0.4, 0.5) is 16.5 Å². The number of hydrogen-bond acceptors (Lipinski definition) is 8. The number of ether oxygens (including phenoxy) is 3. The largest absolute Gasteiger partial charge is 0.497 e. The topological polar surface area (TPSA) is 85.6 Å². The van der Waals surface area contributed by atoms with Crippen LogP contribution in [0.1, 0.15) is 5.56 Å². The first-order valence-corrected chi connectivity index (χ1v) is 14.0. The molecule has 4 aromatic rings. The van der Waals surface area contributed by atoms with E-state index >= 15 is 0 Å². The summed E-state index contributed by atoms with van der Waals surface area (Å²) in [6, 6.07) is 19.5. The molecule has 0 N–H and O–H groups in total. The highest BCUT2D eigenvalue weighted by molar-refractivity contribution is 7.93. The van der Waals surface area contributed by atoms with Crippen molar-refractivity contribution in [1.82, 2.24) is 4.98 Å². The molecular weight excluding hydrogens is 524 g/mol. The molecule has 38 heavy (non-hydrogen) atoms. The Balaban J connectivity index is 1.49. The Kier molecular flexibility index (Phi) is 7.35. The molecule has 11 heteroatoms. The lowest BCUT2D eigenvalue weighted by Crippen LogP contribution is -2.31. The van der Waals surface area contributed by atoms with Crippen molar-refractivity contribution in [2.45, 2.75) is 11.4 Å². The average molecular weight is 549 g/mol. The zero-order valence-corrected chi connectivity index (χ0v) is 22.1. The Bertz CT molecular complexity index is 1550. The van der Waals surface area contributed by atoms with Crippen molar-refractivity contribution < 1.29 is 22.6 Å². The normalized spacial score (nSPS) is 12.7. The smallest absolute Gasteiger partial charge is 0.357 e. The zero-order valence-electron chi connectivity index (χ0n) is 20.5. The standard InChI is InChI=1S/C27H24N4O5S2/c1-28-19-36-25-6-4-3-5-23(25)30-14-15-35-26-17-22(11-12-24(26)30)38(32,33)31(27-29-13-16-37-27)18-20-7-9-21(34-2)10-8-20/h3-13,16-17H,14-15,18-19H2,2H3. The van der Waals surface area contributed by atoms with Crippen molar-refractivity contribution >= 4 is 37.9 Å². The number of methoxy groups -OCH3 is 1. The predicted octanol–water partition coefficient (Wildman–Crippen LogP) is 5.33. The number of aromatic nitrogens is 1. The molecule has 1 aliphatic heterocycles. The maximum Gasteiger partial charge on any atom is 0.357 e. The Morgan fingerprint density at radius 3 is 2.68 bits per heavy atom. The third-order valence-electron chi connectivity index (χ3n) is 5.94. The average Bonchev–Trinajstić information content (AvgIpc) is 3.49. The number of sulfonamides is 1. The minimum atomic E-state index is -3.98. The van der Waals surface area contributed by atoms with E-state index < -0.39 is 10.0 Å². The van der Waals surface area contributed by atoms with Crippen LogP contribution in [-0.2, 0) is 16.6 Å². The van der Waals surface area contributed by atoms with E-state index in [1.54, 1.807) is 55.1 Å². The van der Waals surface area contributed by atoms with E-state index in [2.05, 4.69) is 9.83 Å². The van der Waals surface area contributed by atoms with Crippen LogP contribution < -0.4 is 23.4 Å². The maximum atomic E-state index is 13.9. The lowest BCUT2D eigenvalue weighted by molar-refractivity contribution is 0.311. The van der Waals surface area contributed by atoms with Gasteiger partial charge in [0.2, 0.25) is 0 Å². The van der Waals surface area contributed by atoms with E-state index in [4.69, 9.17) is 20.8 Å². The number of thiazole rings is 1. The van der Waals surface area contributed by atoms with Gasteiger partial charge in [0, 0.05) is 17.6 Å². The quantitative estimate of drug-likeness (QED) is 0.261. The number of para-hydroxylation sites is 2. The summed E-state index contributed by atoms with van der Waals surface area (Å²) in [6.45, 7) is 7.95. The molecule has 0 saturated carbocycles. The maximum absolute atomic E-state index is 13.9. The summed E-state index contributed by atoms with van der Waals surface area (Å²) in [4.78, 5) is 9.66. The van der Waals surface area contributed by atoms with Crippen molar-refractivity contribution in [3.63, 3.8) is 0 Å². The third-order valence-corrected chi connectivity index (χ3v) is 8.58. The van der Waals surface area contributed by atoms with Crippen LogP contribution in [0.25, 0.3) is 4.85 Å². The van der Waals surface area contributed by atoms with Gasteiger partial charge in [-0.2, -0.15) is 0 Å². The molecule has 0 spiro atoms. The van der Waals surface area contributed by atoms with E-state index in [0.29, 0.717) is 41.2 Å². The van der Waals surface area contributed by atoms with Gasteiger partial charge in [0.25, 0.3) is 10.0 Å². The van der Waals surface area contributed by atoms with Gasteiger partial charge in [-0.3, -0.25) is 4.85 Å². The summed E-state index contributed by atoms with van der Waals surface area (Å²) in [5.41, 5.74) is 2.28. The van der Waals surface area contributed by atoms with Gasteiger partial charge >= 0.3 is 6.73 Å². The molecule has 0 unspecified atom stereocenters. The number of anilines is 3.